The molecule has 0 saturated heterocycles. The molecule has 1 aliphatic carbocycles. The third-order valence-corrected chi connectivity index (χ3v) is 12.4. The van der Waals surface area contributed by atoms with Gasteiger partial charge in [0, 0.05) is 5.92 Å². The van der Waals surface area contributed by atoms with Crippen molar-refractivity contribution >= 4 is 42.2 Å². The molecular formula is C19H31IN2O2SSi. The summed E-state index contributed by atoms with van der Waals surface area (Å²) in [5.74, 6) is -0.0305. The molecule has 0 aliphatic heterocycles. The Morgan fingerprint density at radius 2 is 1.85 bits per heavy atom. The fraction of sp³-hybridized carbons (Fsp3) is 0.789. The first-order chi connectivity index (χ1) is 11.7. The highest BCUT2D eigenvalue weighted by molar-refractivity contribution is 14.1. The summed E-state index contributed by atoms with van der Waals surface area (Å²) in [6, 6.07) is 2.56. The first-order valence-electron chi connectivity index (χ1n) is 9.20. The van der Waals surface area contributed by atoms with Gasteiger partial charge in [-0.1, -0.05) is 27.2 Å². The molecular weight excluding hydrogens is 475 g/mol. The summed E-state index contributed by atoms with van der Waals surface area (Å²) in [4.78, 5) is 4.59. The highest BCUT2D eigenvalue weighted by atomic mass is 127. The van der Waals surface area contributed by atoms with Crippen molar-refractivity contribution in [2.24, 2.45) is 11.8 Å². The van der Waals surface area contributed by atoms with Gasteiger partial charge in [-0.25, -0.2) is 4.98 Å². The first-order valence-corrected chi connectivity index (χ1v) is 14.0. The number of nitriles is 1. The number of rotatable bonds is 5. The number of aromatic nitrogens is 1. The number of thiazole rings is 1. The van der Waals surface area contributed by atoms with Crippen LogP contribution in [0.2, 0.25) is 18.1 Å². The van der Waals surface area contributed by atoms with Crippen LogP contribution in [-0.4, -0.2) is 24.0 Å². The molecule has 0 radical (unpaired) electrons. The summed E-state index contributed by atoms with van der Waals surface area (Å²) < 4.78 is 7.91. The van der Waals surface area contributed by atoms with E-state index in [9.17, 15) is 10.4 Å². The molecule has 7 heteroatoms. The molecule has 1 aromatic heterocycles. The molecule has 1 N–H and O–H groups in total. The number of aliphatic hydroxyl groups is 1. The molecule has 1 aromatic rings. The fourth-order valence-electron chi connectivity index (χ4n) is 3.71. The molecule has 3 atom stereocenters. The Kier molecular flexibility index (Phi) is 6.37. The Morgan fingerprint density at radius 3 is 2.27 bits per heavy atom. The van der Waals surface area contributed by atoms with Crippen LogP contribution < -0.4 is 0 Å². The van der Waals surface area contributed by atoms with Crippen LogP contribution in [-0.2, 0) is 10.0 Å². The number of halogens is 1. The van der Waals surface area contributed by atoms with Gasteiger partial charge in [0.25, 0.3) is 0 Å². The van der Waals surface area contributed by atoms with Crippen molar-refractivity contribution in [3.05, 3.63) is 14.1 Å². The van der Waals surface area contributed by atoms with E-state index in [2.05, 4.69) is 67.5 Å². The zero-order valence-corrected chi connectivity index (χ0v) is 20.9. The number of hydrogen-bond acceptors (Lipinski definition) is 5. The van der Waals surface area contributed by atoms with E-state index in [4.69, 9.17) is 4.43 Å². The summed E-state index contributed by atoms with van der Waals surface area (Å²) in [5.41, 5.74) is -1.93. The molecule has 1 saturated carbocycles. The lowest BCUT2D eigenvalue weighted by Crippen LogP contribution is -2.53. The largest absolute Gasteiger partial charge is 0.394 e. The van der Waals surface area contributed by atoms with Gasteiger partial charge in [-0.2, -0.15) is 5.26 Å². The van der Waals surface area contributed by atoms with E-state index in [0.717, 1.165) is 27.2 Å². The van der Waals surface area contributed by atoms with Crippen molar-refractivity contribution in [3.8, 4) is 6.07 Å². The Morgan fingerprint density at radius 1 is 1.27 bits per heavy atom. The van der Waals surface area contributed by atoms with Gasteiger partial charge in [-0.15, -0.1) is 11.3 Å². The van der Waals surface area contributed by atoms with Crippen molar-refractivity contribution in [2.45, 2.75) is 83.2 Å². The zero-order chi connectivity index (χ0) is 20.0. The SMILES string of the molecule is CC(C)(O)C1CCCC1[C@](C#N)(O[Si](C)(C)C(C)(C)C)c1ncc(I)s1. The molecule has 2 unspecified atom stereocenters. The van der Waals surface area contributed by atoms with Crippen LogP contribution in [0.5, 0.6) is 0 Å². The normalized spacial score (nSPS) is 24.3. The van der Waals surface area contributed by atoms with Crippen LogP contribution in [0.25, 0.3) is 0 Å². The third-order valence-electron chi connectivity index (χ3n) is 6.13. The lowest BCUT2D eigenvalue weighted by molar-refractivity contribution is -0.0553. The Balaban J connectivity index is 2.61. The summed E-state index contributed by atoms with van der Waals surface area (Å²) in [7, 11) is -2.23. The molecule has 0 bridgehead atoms. The molecule has 1 aliphatic rings. The van der Waals surface area contributed by atoms with Gasteiger partial charge in [0.2, 0.25) is 0 Å². The Hall–Kier alpha value is -0.0131. The monoisotopic (exact) mass is 506 g/mol. The summed E-state index contributed by atoms with van der Waals surface area (Å²) in [6.07, 6.45) is 4.62. The summed E-state index contributed by atoms with van der Waals surface area (Å²) >= 11 is 3.79. The van der Waals surface area contributed by atoms with E-state index in [1.807, 2.05) is 20.0 Å². The predicted octanol–water partition coefficient (Wildman–Crippen LogP) is 5.68. The molecule has 146 valence electrons. The van der Waals surface area contributed by atoms with Gasteiger partial charge >= 0.3 is 0 Å². The van der Waals surface area contributed by atoms with Gasteiger partial charge in [0.05, 0.1) is 14.7 Å². The fourth-order valence-corrected chi connectivity index (χ4v) is 6.74. The molecule has 1 fully saturated rings. The second-order valence-electron chi connectivity index (χ2n) is 9.48. The third kappa shape index (κ3) is 4.19. The highest BCUT2D eigenvalue weighted by Crippen LogP contribution is 2.53. The van der Waals surface area contributed by atoms with Crippen molar-refractivity contribution in [1.82, 2.24) is 4.98 Å². The van der Waals surface area contributed by atoms with Crippen LogP contribution in [0.4, 0.5) is 0 Å². The smallest absolute Gasteiger partial charge is 0.200 e. The van der Waals surface area contributed by atoms with Crippen LogP contribution in [0, 0.1) is 26.1 Å². The quantitative estimate of drug-likeness (QED) is 0.413. The van der Waals surface area contributed by atoms with Gasteiger partial charge in [0.15, 0.2) is 13.9 Å². The maximum absolute atomic E-state index is 10.8. The minimum Gasteiger partial charge on any atom is -0.394 e. The van der Waals surface area contributed by atoms with E-state index in [1.54, 1.807) is 0 Å². The van der Waals surface area contributed by atoms with Crippen LogP contribution in [0.15, 0.2) is 6.20 Å². The minimum atomic E-state index is -2.23. The van der Waals surface area contributed by atoms with Crippen molar-refractivity contribution < 1.29 is 9.53 Å². The van der Waals surface area contributed by atoms with E-state index in [-0.39, 0.29) is 16.9 Å². The maximum atomic E-state index is 10.8. The molecule has 0 aromatic carbocycles. The predicted molar refractivity (Wildman–Crippen MR) is 118 cm³/mol. The van der Waals surface area contributed by atoms with Crippen LogP contribution in [0.1, 0.15) is 58.9 Å². The van der Waals surface area contributed by atoms with E-state index in [0.29, 0.717) is 0 Å². The lowest BCUT2D eigenvalue weighted by atomic mass is 9.74. The van der Waals surface area contributed by atoms with E-state index < -0.39 is 19.5 Å². The Labute approximate surface area is 176 Å². The zero-order valence-electron chi connectivity index (χ0n) is 16.9. The number of hydrogen-bond donors (Lipinski definition) is 1. The molecule has 2 rings (SSSR count). The minimum absolute atomic E-state index is 0.0116. The molecule has 4 nitrogen and oxygen atoms in total. The van der Waals surface area contributed by atoms with Crippen LogP contribution in [0.3, 0.4) is 0 Å². The maximum Gasteiger partial charge on any atom is 0.200 e. The van der Waals surface area contributed by atoms with Gasteiger partial charge in [-0.05, 0) is 73.3 Å². The average molecular weight is 507 g/mol. The second kappa shape index (κ2) is 7.43. The van der Waals surface area contributed by atoms with Crippen LogP contribution >= 0.6 is 33.9 Å². The van der Waals surface area contributed by atoms with Crippen molar-refractivity contribution in [3.63, 3.8) is 0 Å². The number of nitrogens with zero attached hydrogens (tertiary/aromatic N) is 2. The Bertz CT molecular complexity index is 687. The average Bonchev–Trinajstić information content (AvgIpc) is 3.12. The second-order valence-corrected chi connectivity index (χ2v) is 17.1. The van der Waals surface area contributed by atoms with E-state index >= 15 is 0 Å². The van der Waals surface area contributed by atoms with Crippen molar-refractivity contribution in [2.75, 3.05) is 0 Å². The van der Waals surface area contributed by atoms with Gasteiger partial charge in [-0.3, -0.25) is 0 Å². The molecule has 0 spiro atoms. The standard InChI is InChI=1S/C19H31IN2O2SSi/c1-17(2,3)26(6,7)24-19(12-21,16-22-11-15(20)25-16)14-10-8-9-13(14)18(4,5)23/h11,13-14,23H,8-10H2,1-7H3/t13?,14?,19-/m0/s1. The molecule has 0 amide bonds. The summed E-state index contributed by atoms with van der Waals surface area (Å²) in [6.45, 7) is 14.7. The highest BCUT2D eigenvalue weighted by Gasteiger charge is 2.57. The van der Waals surface area contributed by atoms with E-state index in [1.165, 1.54) is 11.3 Å². The van der Waals surface area contributed by atoms with Gasteiger partial charge < -0.3 is 9.53 Å². The summed E-state index contributed by atoms with van der Waals surface area (Å²) in [5, 5.41) is 22.0. The lowest BCUT2D eigenvalue weighted by Gasteiger charge is -2.46. The van der Waals surface area contributed by atoms with Gasteiger partial charge in [0.1, 0.15) is 11.1 Å². The molecule has 1 heterocycles. The first kappa shape index (κ1) is 22.3. The van der Waals surface area contributed by atoms with Crippen molar-refractivity contribution in [1.29, 1.82) is 5.26 Å². The topological polar surface area (TPSA) is 66.1 Å². The molecule has 26 heavy (non-hydrogen) atoms.